The number of hydrogen-bond acceptors (Lipinski definition) is 2. The third-order valence-corrected chi connectivity index (χ3v) is 4.12. The van der Waals surface area contributed by atoms with Crippen LogP contribution in [0.2, 0.25) is 0 Å². The van der Waals surface area contributed by atoms with Gasteiger partial charge in [0.05, 0.1) is 5.56 Å². The van der Waals surface area contributed by atoms with Crippen LogP contribution in [-0.2, 0) is 4.79 Å². The van der Waals surface area contributed by atoms with E-state index in [1.807, 2.05) is 24.3 Å². The van der Waals surface area contributed by atoms with Crippen molar-refractivity contribution in [2.75, 3.05) is 6.54 Å². The van der Waals surface area contributed by atoms with Crippen molar-refractivity contribution in [3.05, 3.63) is 36.0 Å². The van der Waals surface area contributed by atoms with E-state index < -0.39 is 12.0 Å². The van der Waals surface area contributed by atoms with Crippen LogP contribution >= 0.6 is 0 Å². The lowest BCUT2D eigenvalue weighted by Crippen LogP contribution is -2.44. The minimum atomic E-state index is -0.912. The van der Waals surface area contributed by atoms with Crippen LogP contribution in [0.25, 0.3) is 10.9 Å². The van der Waals surface area contributed by atoms with Crippen LogP contribution in [0.3, 0.4) is 0 Å². The van der Waals surface area contributed by atoms with Gasteiger partial charge in [0.2, 0.25) is 0 Å². The number of aliphatic carboxylic acids is 1. The fourth-order valence-electron chi connectivity index (χ4n) is 3.01. The van der Waals surface area contributed by atoms with Gasteiger partial charge in [0.1, 0.15) is 6.04 Å². The van der Waals surface area contributed by atoms with E-state index in [2.05, 4.69) is 4.98 Å². The monoisotopic (exact) mass is 286 g/mol. The van der Waals surface area contributed by atoms with Gasteiger partial charge in [0.25, 0.3) is 5.91 Å². The number of para-hydroxylation sites is 1. The Balaban J connectivity index is 1.97. The second kappa shape index (κ2) is 5.60. The number of carbonyl (C=O) groups excluding carboxylic acids is 1. The van der Waals surface area contributed by atoms with Crippen LogP contribution in [0.4, 0.5) is 0 Å². The topological polar surface area (TPSA) is 73.4 Å². The largest absolute Gasteiger partial charge is 0.480 e. The summed E-state index contributed by atoms with van der Waals surface area (Å²) in [7, 11) is 0. The number of fused-ring (bicyclic) bond motifs is 1. The number of aromatic amines is 1. The average Bonchev–Trinajstić information content (AvgIpc) is 2.75. The van der Waals surface area contributed by atoms with Gasteiger partial charge in [-0.2, -0.15) is 0 Å². The summed E-state index contributed by atoms with van der Waals surface area (Å²) in [5.74, 6) is -1.10. The summed E-state index contributed by atoms with van der Waals surface area (Å²) in [6.45, 7) is 0.509. The second-order valence-corrected chi connectivity index (χ2v) is 5.45. The lowest BCUT2D eigenvalue weighted by molar-refractivity contribution is -0.142. The fraction of sp³-hybridized carbons (Fsp3) is 0.375. The Kier molecular flexibility index (Phi) is 3.64. The zero-order valence-electron chi connectivity index (χ0n) is 11.7. The number of likely N-dealkylation sites (tertiary alicyclic amines) is 1. The van der Waals surface area contributed by atoms with Crippen molar-refractivity contribution < 1.29 is 14.7 Å². The van der Waals surface area contributed by atoms with E-state index in [1.165, 1.54) is 4.90 Å². The minimum Gasteiger partial charge on any atom is -0.480 e. The molecule has 110 valence electrons. The minimum absolute atomic E-state index is 0.193. The molecule has 1 saturated heterocycles. The molecule has 1 unspecified atom stereocenters. The van der Waals surface area contributed by atoms with Gasteiger partial charge in [-0.25, -0.2) is 4.79 Å². The molecule has 1 amide bonds. The number of aromatic nitrogens is 1. The number of nitrogens with one attached hydrogen (secondary N) is 1. The number of rotatable bonds is 2. The summed E-state index contributed by atoms with van der Waals surface area (Å²) in [4.78, 5) is 28.8. The molecule has 1 fully saturated rings. The van der Waals surface area contributed by atoms with Gasteiger partial charge in [-0.3, -0.25) is 4.79 Å². The molecular weight excluding hydrogens is 268 g/mol. The van der Waals surface area contributed by atoms with E-state index in [0.717, 1.165) is 30.2 Å². The zero-order valence-corrected chi connectivity index (χ0v) is 11.7. The Hall–Kier alpha value is -2.30. The Morgan fingerprint density at radius 1 is 1.19 bits per heavy atom. The summed E-state index contributed by atoms with van der Waals surface area (Å²) in [5.41, 5.74) is 1.45. The van der Waals surface area contributed by atoms with Gasteiger partial charge in [0, 0.05) is 23.6 Å². The van der Waals surface area contributed by atoms with Gasteiger partial charge < -0.3 is 15.0 Å². The maximum atomic E-state index is 12.8. The van der Waals surface area contributed by atoms with E-state index >= 15 is 0 Å². The Labute approximate surface area is 122 Å². The van der Waals surface area contributed by atoms with Crippen LogP contribution in [0, 0.1) is 0 Å². The van der Waals surface area contributed by atoms with Gasteiger partial charge >= 0.3 is 5.97 Å². The number of amides is 1. The van der Waals surface area contributed by atoms with Crippen molar-refractivity contribution in [3.8, 4) is 0 Å². The van der Waals surface area contributed by atoms with Crippen molar-refractivity contribution in [3.63, 3.8) is 0 Å². The maximum absolute atomic E-state index is 12.8. The number of carbonyl (C=O) groups is 2. The highest BCUT2D eigenvalue weighted by Gasteiger charge is 2.32. The van der Waals surface area contributed by atoms with Crippen LogP contribution in [0.15, 0.2) is 30.5 Å². The molecule has 3 rings (SSSR count). The number of nitrogens with zero attached hydrogens (tertiary/aromatic N) is 1. The van der Waals surface area contributed by atoms with Crippen molar-refractivity contribution in [2.24, 2.45) is 0 Å². The SMILES string of the molecule is O=C(O)C1CCCCCN1C(=O)c1c[nH]c2ccccc12. The summed E-state index contributed by atoms with van der Waals surface area (Å²) >= 11 is 0. The molecular formula is C16H18N2O3. The second-order valence-electron chi connectivity index (χ2n) is 5.45. The molecule has 5 heteroatoms. The Morgan fingerprint density at radius 3 is 2.81 bits per heavy atom. The summed E-state index contributed by atoms with van der Waals surface area (Å²) in [6.07, 6.45) is 4.90. The number of carboxylic acid groups (broad SMARTS) is 1. The predicted octanol–water partition coefficient (Wildman–Crippen LogP) is 2.64. The highest BCUT2D eigenvalue weighted by molar-refractivity contribution is 6.07. The van der Waals surface area contributed by atoms with E-state index in [1.54, 1.807) is 6.20 Å². The molecule has 1 atom stereocenters. The molecule has 0 radical (unpaired) electrons. The van der Waals surface area contributed by atoms with Gasteiger partial charge in [-0.1, -0.05) is 31.0 Å². The average molecular weight is 286 g/mol. The molecule has 1 aromatic carbocycles. The Bertz CT molecular complexity index is 677. The number of hydrogen-bond donors (Lipinski definition) is 2. The lowest BCUT2D eigenvalue weighted by Gasteiger charge is -2.26. The lowest BCUT2D eigenvalue weighted by atomic mass is 10.1. The highest BCUT2D eigenvalue weighted by Crippen LogP contribution is 2.24. The van der Waals surface area contributed by atoms with E-state index in [4.69, 9.17) is 0 Å². The van der Waals surface area contributed by atoms with Crippen LogP contribution in [0.1, 0.15) is 36.0 Å². The van der Waals surface area contributed by atoms with Crippen LogP contribution in [0.5, 0.6) is 0 Å². The van der Waals surface area contributed by atoms with E-state index in [-0.39, 0.29) is 5.91 Å². The van der Waals surface area contributed by atoms with Crippen molar-refractivity contribution in [1.82, 2.24) is 9.88 Å². The molecule has 2 heterocycles. The first-order valence-corrected chi connectivity index (χ1v) is 7.28. The molecule has 0 spiro atoms. The normalized spacial score (nSPS) is 19.4. The standard InChI is InChI=1S/C16H18N2O3/c19-15(12-10-17-13-7-4-3-6-11(12)13)18-9-5-1-2-8-14(18)16(20)21/h3-4,6-7,10,14,17H,1-2,5,8-9H2,(H,20,21). The third kappa shape index (κ3) is 2.51. The Morgan fingerprint density at radius 2 is 2.00 bits per heavy atom. The molecule has 1 aromatic heterocycles. The molecule has 2 aromatic rings. The molecule has 21 heavy (non-hydrogen) atoms. The highest BCUT2D eigenvalue weighted by atomic mass is 16.4. The van der Waals surface area contributed by atoms with Gasteiger partial charge in [0.15, 0.2) is 0 Å². The van der Waals surface area contributed by atoms with Crippen LogP contribution in [-0.4, -0.2) is 39.5 Å². The van der Waals surface area contributed by atoms with E-state index in [0.29, 0.717) is 18.5 Å². The molecule has 1 aliphatic heterocycles. The summed E-state index contributed by atoms with van der Waals surface area (Å²) in [6, 6.07) is 6.85. The molecule has 0 saturated carbocycles. The van der Waals surface area contributed by atoms with Gasteiger partial charge in [-0.05, 0) is 18.9 Å². The zero-order chi connectivity index (χ0) is 14.8. The molecule has 1 aliphatic rings. The summed E-state index contributed by atoms with van der Waals surface area (Å²) < 4.78 is 0. The van der Waals surface area contributed by atoms with Crippen molar-refractivity contribution >= 4 is 22.8 Å². The smallest absolute Gasteiger partial charge is 0.326 e. The first-order chi connectivity index (χ1) is 10.2. The number of H-pyrrole nitrogens is 1. The van der Waals surface area contributed by atoms with Crippen molar-refractivity contribution in [2.45, 2.75) is 31.7 Å². The number of carboxylic acids is 1. The molecule has 5 nitrogen and oxygen atoms in total. The molecule has 0 aliphatic carbocycles. The summed E-state index contributed by atoms with van der Waals surface area (Å²) in [5, 5.41) is 10.2. The quantitative estimate of drug-likeness (QED) is 0.891. The van der Waals surface area contributed by atoms with E-state index in [9.17, 15) is 14.7 Å². The van der Waals surface area contributed by atoms with Gasteiger partial charge in [-0.15, -0.1) is 0 Å². The predicted molar refractivity (Wildman–Crippen MR) is 79.2 cm³/mol. The molecule has 0 bridgehead atoms. The first kappa shape index (κ1) is 13.7. The molecule has 2 N–H and O–H groups in total. The first-order valence-electron chi connectivity index (χ1n) is 7.28. The maximum Gasteiger partial charge on any atom is 0.326 e. The number of benzene rings is 1. The van der Waals surface area contributed by atoms with Crippen molar-refractivity contribution in [1.29, 1.82) is 0 Å². The van der Waals surface area contributed by atoms with Crippen LogP contribution < -0.4 is 0 Å². The fourth-order valence-corrected chi connectivity index (χ4v) is 3.01. The third-order valence-electron chi connectivity index (χ3n) is 4.12.